The molecule has 0 heterocycles. The molecule has 0 bridgehead atoms. The van der Waals surface area contributed by atoms with Gasteiger partial charge in [0.15, 0.2) is 0 Å². The molecule has 0 aromatic heterocycles. The summed E-state index contributed by atoms with van der Waals surface area (Å²) in [7, 11) is 0. The number of hydrogen-bond acceptors (Lipinski definition) is 0. The van der Waals surface area contributed by atoms with Gasteiger partial charge >= 0.3 is 0 Å². The predicted molar refractivity (Wildman–Crippen MR) is 56.3 cm³/mol. The summed E-state index contributed by atoms with van der Waals surface area (Å²) < 4.78 is 0. The van der Waals surface area contributed by atoms with Crippen LogP contribution in [0, 0.1) is 11.8 Å². The van der Waals surface area contributed by atoms with Crippen LogP contribution in [0.1, 0.15) is 5.56 Å². The first-order chi connectivity index (χ1) is 5.93. The summed E-state index contributed by atoms with van der Waals surface area (Å²) >= 11 is 3.28. The molecule has 0 fully saturated rings. The highest BCUT2D eigenvalue weighted by atomic mass is 79.9. The molecule has 1 aromatic rings. The molecule has 0 atom stereocenters. The van der Waals surface area contributed by atoms with Gasteiger partial charge in [-0.1, -0.05) is 52.0 Å². The van der Waals surface area contributed by atoms with Crippen molar-refractivity contribution in [2.75, 3.05) is 5.33 Å². The van der Waals surface area contributed by atoms with Crippen LogP contribution in [-0.2, 0) is 0 Å². The molecule has 1 rings (SSSR count). The van der Waals surface area contributed by atoms with Crippen molar-refractivity contribution in [3.8, 4) is 11.8 Å². The standard InChI is InChI=1S/C11H9Br/c12-10-6-2-5-9-11-7-3-1-4-8-11/h1-4,6-8H,10H2. The maximum Gasteiger partial charge on any atom is 0.0248 e. The lowest BCUT2D eigenvalue weighted by Gasteiger charge is -1.84. The molecule has 1 heteroatoms. The lowest BCUT2D eigenvalue weighted by atomic mass is 10.2. The third kappa shape index (κ3) is 3.41. The van der Waals surface area contributed by atoms with Crippen molar-refractivity contribution in [3.63, 3.8) is 0 Å². The fourth-order valence-electron chi connectivity index (χ4n) is 0.750. The van der Waals surface area contributed by atoms with E-state index in [1.54, 1.807) is 0 Å². The first-order valence-corrected chi connectivity index (χ1v) is 4.83. The summed E-state index contributed by atoms with van der Waals surface area (Å²) in [6, 6.07) is 9.94. The molecule has 0 aliphatic carbocycles. The second-order valence-electron chi connectivity index (χ2n) is 2.19. The van der Waals surface area contributed by atoms with Crippen LogP contribution in [0.3, 0.4) is 0 Å². The molecule has 0 radical (unpaired) electrons. The third-order valence-electron chi connectivity index (χ3n) is 1.28. The molecule has 0 N–H and O–H groups in total. The predicted octanol–water partition coefficient (Wildman–Crippen LogP) is 2.99. The largest absolute Gasteiger partial charge is 0.0883 e. The van der Waals surface area contributed by atoms with Crippen LogP contribution < -0.4 is 0 Å². The van der Waals surface area contributed by atoms with Gasteiger partial charge in [0.2, 0.25) is 0 Å². The fraction of sp³-hybridized carbons (Fsp3) is 0.0909. The van der Waals surface area contributed by atoms with Crippen molar-refractivity contribution in [3.05, 3.63) is 48.0 Å². The minimum absolute atomic E-state index is 0.858. The molecule has 60 valence electrons. The van der Waals surface area contributed by atoms with Crippen LogP contribution in [-0.4, -0.2) is 5.33 Å². The number of halogens is 1. The number of hydrogen-bond donors (Lipinski definition) is 0. The van der Waals surface area contributed by atoms with Crippen LogP contribution in [0.15, 0.2) is 42.5 Å². The molecule has 0 unspecified atom stereocenters. The van der Waals surface area contributed by atoms with Gasteiger partial charge in [-0.25, -0.2) is 0 Å². The Morgan fingerprint density at radius 1 is 1.25 bits per heavy atom. The lowest BCUT2D eigenvalue weighted by molar-refractivity contribution is 1.65. The average molecular weight is 221 g/mol. The van der Waals surface area contributed by atoms with Crippen LogP contribution >= 0.6 is 15.9 Å². The number of rotatable bonds is 1. The highest BCUT2D eigenvalue weighted by molar-refractivity contribution is 9.09. The average Bonchev–Trinajstić information content (AvgIpc) is 2.14. The van der Waals surface area contributed by atoms with Gasteiger partial charge in [-0.15, -0.1) is 0 Å². The van der Waals surface area contributed by atoms with Gasteiger partial charge in [-0.3, -0.25) is 0 Å². The molecule has 1 aromatic carbocycles. The molecule has 0 aliphatic rings. The molecule has 0 nitrogen and oxygen atoms in total. The van der Waals surface area contributed by atoms with Crippen LogP contribution in [0.5, 0.6) is 0 Å². The molecule has 12 heavy (non-hydrogen) atoms. The van der Waals surface area contributed by atoms with Gasteiger partial charge < -0.3 is 0 Å². The second kappa shape index (κ2) is 5.62. The molecule has 0 saturated carbocycles. The van der Waals surface area contributed by atoms with Gasteiger partial charge in [-0.2, -0.15) is 0 Å². The van der Waals surface area contributed by atoms with E-state index in [0.717, 1.165) is 10.9 Å². The summed E-state index contributed by atoms with van der Waals surface area (Å²) in [6.45, 7) is 0. The van der Waals surface area contributed by atoms with E-state index in [4.69, 9.17) is 0 Å². The first-order valence-electron chi connectivity index (χ1n) is 3.71. The summed E-state index contributed by atoms with van der Waals surface area (Å²) in [5, 5.41) is 0.858. The second-order valence-corrected chi connectivity index (χ2v) is 2.84. The Kier molecular flexibility index (Phi) is 4.26. The molecule has 0 aliphatic heterocycles. The van der Waals surface area contributed by atoms with E-state index in [9.17, 15) is 0 Å². The number of alkyl halides is 1. The Morgan fingerprint density at radius 2 is 2.00 bits per heavy atom. The van der Waals surface area contributed by atoms with Crippen LogP contribution in [0.2, 0.25) is 0 Å². The minimum Gasteiger partial charge on any atom is -0.0883 e. The van der Waals surface area contributed by atoms with Crippen molar-refractivity contribution in [1.29, 1.82) is 0 Å². The summed E-state index contributed by atoms with van der Waals surface area (Å²) in [4.78, 5) is 0. The van der Waals surface area contributed by atoms with Gasteiger partial charge in [0.25, 0.3) is 0 Å². The van der Waals surface area contributed by atoms with E-state index >= 15 is 0 Å². The topological polar surface area (TPSA) is 0 Å². The number of allylic oxidation sites excluding steroid dienone is 2. The maximum absolute atomic E-state index is 3.28. The minimum atomic E-state index is 0.858. The Bertz CT molecular complexity index is 301. The smallest absolute Gasteiger partial charge is 0.0248 e. The Morgan fingerprint density at radius 3 is 2.67 bits per heavy atom. The Hall–Kier alpha value is -1.00. The van der Waals surface area contributed by atoms with Crippen molar-refractivity contribution in [2.45, 2.75) is 0 Å². The molecular weight excluding hydrogens is 212 g/mol. The third-order valence-corrected chi connectivity index (χ3v) is 1.65. The quantitative estimate of drug-likeness (QED) is 0.505. The van der Waals surface area contributed by atoms with E-state index in [0.29, 0.717) is 0 Å². The van der Waals surface area contributed by atoms with Gasteiger partial charge in [0, 0.05) is 10.9 Å². The zero-order chi connectivity index (χ0) is 8.65. The number of benzene rings is 1. The van der Waals surface area contributed by atoms with Gasteiger partial charge in [0.05, 0.1) is 0 Å². The summed E-state index contributed by atoms with van der Waals surface area (Å²) in [5.41, 5.74) is 1.05. The van der Waals surface area contributed by atoms with E-state index in [1.807, 2.05) is 42.5 Å². The zero-order valence-corrected chi connectivity index (χ0v) is 8.21. The van der Waals surface area contributed by atoms with Crippen LogP contribution in [0.25, 0.3) is 0 Å². The first kappa shape index (κ1) is 9.09. The van der Waals surface area contributed by atoms with E-state index in [1.165, 1.54) is 0 Å². The van der Waals surface area contributed by atoms with Crippen molar-refractivity contribution in [1.82, 2.24) is 0 Å². The normalized spacial score (nSPS) is 9.42. The van der Waals surface area contributed by atoms with Gasteiger partial charge in [0.1, 0.15) is 0 Å². The molecule has 0 saturated heterocycles. The summed E-state index contributed by atoms with van der Waals surface area (Å²) in [6.07, 6.45) is 3.82. The molecule has 0 spiro atoms. The molecular formula is C11H9Br. The Balaban J connectivity index is 2.61. The molecule has 0 amide bonds. The summed E-state index contributed by atoms with van der Waals surface area (Å²) in [5.74, 6) is 5.96. The van der Waals surface area contributed by atoms with E-state index in [2.05, 4.69) is 27.8 Å². The SMILES string of the molecule is BrCC=CC#Cc1ccccc1. The maximum atomic E-state index is 3.28. The monoisotopic (exact) mass is 220 g/mol. The van der Waals surface area contributed by atoms with Crippen molar-refractivity contribution < 1.29 is 0 Å². The van der Waals surface area contributed by atoms with Crippen molar-refractivity contribution >= 4 is 15.9 Å². The lowest BCUT2D eigenvalue weighted by Crippen LogP contribution is -1.68. The highest BCUT2D eigenvalue weighted by Crippen LogP contribution is 1.94. The Labute approximate surface area is 81.4 Å². The highest BCUT2D eigenvalue weighted by Gasteiger charge is 1.78. The van der Waals surface area contributed by atoms with E-state index < -0.39 is 0 Å². The zero-order valence-electron chi connectivity index (χ0n) is 6.63. The van der Waals surface area contributed by atoms with Crippen molar-refractivity contribution in [2.24, 2.45) is 0 Å². The van der Waals surface area contributed by atoms with Crippen LogP contribution in [0.4, 0.5) is 0 Å². The fourth-order valence-corrected chi connectivity index (χ4v) is 0.937. The van der Waals surface area contributed by atoms with Gasteiger partial charge in [-0.05, 0) is 18.2 Å². The van der Waals surface area contributed by atoms with E-state index in [-0.39, 0.29) is 0 Å².